The summed E-state index contributed by atoms with van der Waals surface area (Å²) in [5, 5.41) is 61.8. The molecule has 6 N–H and O–H groups in total. The fourth-order valence-corrected chi connectivity index (χ4v) is 5.63. The SMILES string of the molecule is COc1cc([C@H]2CC(=O)C[C@H](O)[C@@H](Cc3ccc(O)c(O)c3)[C@H](CO)C#C[C@@H]2Cc2ccccc2)c(CO)cc1O. The molecular weight excluding hydrogens is 524 g/mol. The van der Waals surface area contributed by atoms with Crippen LogP contribution in [0.3, 0.4) is 0 Å². The monoisotopic (exact) mass is 560 g/mol. The van der Waals surface area contributed by atoms with Crippen molar-refractivity contribution in [2.24, 2.45) is 17.8 Å². The number of carbonyl (C=O) groups is 1. The van der Waals surface area contributed by atoms with Gasteiger partial charge in [0, 0.05) is 36.5 Å². The second-order valence-corrected chi connectivity index (χ2v) is 10.6. The molecule has 0 aromatic heterocycles. The number of hydrogen-bond acceptors (Lipinski definition) is 8. The van der Waals surface area contributed by atoms with E-state index in [1.165, 1.54) is 25.3 Å². The van der Waals surface area contributed by atoms with Crippen molar-refractivity contribution in [3.63, 3.8) is 0 Å². The second-order valence-electron chi connectivity index (χ2n) is 10.6. The minimum atomic E-state index is -1.12. The fourth-order valence-electron chi connectivity index (χ4n) is 5.63. The van der Waals surface area contributed by atoms with E-state index in [0.29, 0.717) is 23.1 Å². The molecule has 0 amide bonds. The molecule has 1 aliphatic rings. The Balaban J connectivity index is 1.81. The number of phenolic OH excluding ortho intramolecular Hbond substituents is 3. The highest BCUT2D eigenvalue weighted by atomic mass is 16.5. The molecule has 0 radical (unpaired) electrons. The number of carbonyl (C=O) groups excluding carboxylic acids is 1. The smallest absolute Gasteiger partial charge is 0.160 e. The highest BCUT2D eigenvalue weighted by Gasteiger charge is 2.34. The lowest BCUT2D eigenvalue weighted by Gasteiger charge is -2.31. The van der Waals surface area contributed by atoms with E-state index in [1.807, 2.05) is 30.3 Å². The van der Waals surface area contributed by atoms with Gasteiger partial charge in [0.05, 0.1) is 26.4 Å². The minimum absolute atomic E-state index is 0.0285. The van der Waals surface area contributed by atoms with Crippen LogP contribution >= 0.6 is 0 Å². The number of hydrogen-bond donors (Lipinski definition) is 6. The normalized spacial score (nSPS) is 22.9. The van der Waals surface area contributed by atoms with Crippen molar-refractivity contribution in [1.82, 2.24) is 0 Å². The molecule has 0 unspecified atom stereocenters. The van der Waals surface area contributed by atoms with Gasteiger partial charge in [0.25, 0.3) is 0 Å². The third-order valence-corrected chi connectivity index (χ3v) is 7.85. The molecular formula is C33H36O8. The summed E-state index contributed by atoms with van der Waals surface area (Å²) in [4.78, 5) is 13.5. The lowest BCUT2D eigenvalue weighted by molar-refractivity contribution is -0.122. The average Bonchev–Trinajstić information content (AvgIpc) is 2.96. The van der Waals surface area contributed by atoms with Crippen LogP contribution in [0, 0.1) is 29.6 Å². The summed E-state index contributed by atoms with van der Waals surface area (Å²) < 4.78 is 5.34. The van der Waals surface area contributed by atoms with E-state index in [9.17, 15) is 35.4 Å². The van der Waals surface area contributed by atoms with Gasteiger partial charge in [-0.25, -0.2) is 0 Å². The van der Waals surface area contributed by atoms with Gasteiger partial charge < -0.3 is 35.4 Å². The number of aromatic hydroxyl groups is 3. The third kappa shape index (κ3) is 7.19. The van der Waals surface area contributed by atoms with Crippen molar-refractivity contribution in [3.8, 4) is 34.8 Å². The topological polar surface area (TPSA) is 148 Å². The van der Waals surface area contributed by atoms with E-state index in [-0.39, 0.29) is 61.3 Å². The first-order chi connectivity index (χ1) is 19.7. The average molecular weight is 561 g/mol. The summed E-state index contributed by atoms with van der Waals surface area (Å²) in [6, 6.07) is 17.1. The van der Waals surface area contributed by atoms with Gasteiger partial charge in [0.1, 0.15) is 5.78 Å². The Kier molecular flexibility index (Phi) is 9.90. The minimum Gasteiger partial charge on any atom is -0.504 e. The molecule has 8 heteroatoms. The van der Waals surface area contributed by atoms with Crippen LogP contribution in [0.15, 0.2) is 60.7 Å². The number of methoxy groups -OCH3 is 1. The third-order valence-electron chi connectivity index (χ3n) is 7.85. The molecule has 41 heavy (non-hydrogen) atoms. The maximum Gasteiger partial charge on any atom is 0.160 e. The number of aliphatic hydroxyl groups is 3. The molecule has 0 spiro atoms. The van der Waals surface area contributed by atoms with Gasteiger partial charge >= 0.3 is 0 Å². The lowest BCUT2D eigenvalue weighted by Crippen LogP contribution is -2.34. The summed E-state index contributed by atoms with van der Waals surface area (Å²) in [7, 11) is 1.42. The molecule has 0 saturated carbocycles. The molecule has 0 saturated heterocycles. The summed E-state index contributed by atoms with van der Waals surface area (Å²) in [5.41, 5.74) is 2.69. The zero-order valence-corrected chi connectivity index (χ0v) is 22.9. The first kappa shape index (κ1) is 29.9. The van der Waals surface area contributed by atoms with E-state index in [2.05, 4.69) is 11.8 Å². The summed E-state index contributed by atoms with van der Waals surface area (Å²) >= 11 is 0. The van der Waals surface area contributed by atoms with Crippen LogP contribution in [0.1, 0.15) is 41.0 Å². The van der Waals surface area contributed by atoms with Crippen LogP contribution in [0.2, 0.25) is 0 Å². The van der Waals surface area contributed by atoms with Crippen LogP contribution in [-0.4, -0.2) is 56.2 Å². The first-order valence-electron chi connectivity index (χ1n) is 13.6. The molecule has 0 aliphatic heterocycles. The molecule has 0 heterocycles. The zero-order valence-electron chi connectivity index (χ0n) is 22.9. The number of aliphatic hydroxyl groups excluding tert-OH is 3. The van der Waals surface area contributed by atoms with Crippen LogP contribution in [0.5, 0.6) is 23.0 Å². The van der Waals surface area contributed by atoms with Crippen molar-refractivity contribution in [3.05, 3.63) is 82.9 Å². The Hall–Kier alpha value is -4.03. The van der Waals surface area contributed by atoms with Gasteiger partial charge in [-0.15, -0.1) is 0 Å². The number of ketones is 1. The maximum absolute atomic E-state index is 13.5. The van der Waals surface area contributed by atoms with E-state index >= 15 is 0 Å². The van der Waals surface area contributed by atoms with E-state index in [0.717, 1.165) is 5.56 Å². The van der Waals surface area contributed by atoms with Gasteiger partial charge in [0.15, 0.2) is 23.0 Å². The van der Waals surface area contributed by atoms with Gasteiger partial charge in [-0.1, -0.05) is 48.2 Å². The number of rotatable bonds is 8. The first-order valence-corrected chi connectivity index (χ1v) is 13.6. The molecule has 216 valence electrons. The molecule has 8 nitrogen and oxygen atoms in total. The van der Waals surface area contributed by atoms with Crippen molar-refractivity contribution >= 4 is 5.78 Å². The van der Waals surface area contributed by atoms with Crippen LogP contribution in [0.25, 0.3) is 0 Å². The van der Waals surface area contributed by atoms with Crippen molar-refractivity contribution in [1.29, 1.82) is 0 Å². The number of phenols is 3. The molecule has 3 aromatic carbocycles. The zero-order chi connectivity index (χ0) is 29.5. The summed E-state index contributed by atoms with van der Waals surface area (Å²) in [6.07, 6.45) is -0.565. The molecule has 3 aromatic rings. The predicted octanol–water partition coefficient (Wildman–Crippen LogP) is 3.44. The number of Topliss-reactive ketones (excluding diaryl/α,β-unsaturated/α-hetero) is 1. The number of benzene rings is 3. The van der Waals surface area contributed by atoms with Gasteiger partial charge in [0.2, 0.25) is 0 Å². The Morgan fingerprint density at radius 2 is 1.56 bits per heavy atom. The quantitative estimate of drug-likeness (QED) is 0.181. The Labute approximate surface area is 239 Å². The van der Waals surface area contributed by atoms with Crippen molar-refractivity contribution < 1.29 is 40.2 Å². The highest BCUT2D eigenvalue weighted by molar-refractivity contribution is 5.80. The van der Waals surface area contributed by atoms with Crippen molar-refractivity contribution in [2.75, 3.05) is 13.7 Å². The fraction of sp³-hybridized carbons (Fsp3) is 0.364. The molecule has 4 rings (SSSR count). The van der Waals surface area contributed by atoms with Gasteiger partial charge in [-0.2, -0.15) is 0 Å². The van der Waals surface area contributed by atoms with Crippen molar-refractivity contribution in [2.45, 2.75) is 44.3 Å². The van der Waals surface area contributed by atoms with Crippen LogP contribution < -0.4 is 4.74 Å². The Morgan fingerprint density at radius 1 is 0.829 bits per heavy atom. The lowest BCUT2D eigenvalue weighted by atomic mass is 9.74. The Morgan fingerprint density at radius 3 is 2.22 bits per heavy atom. The predicted molar refractivity (Wildman–Crippen MR) is 153 cm³/mol. The standard InChI is InChI=1S/C33H36O8/c1-41-33-17-27(24(19-35)14-32(33)40)26-15-25(36)16-30(38)28(12-21-7-10-29(37)31(39)13-21)23(18-34)9-8-22(26)11-20-5-3-2-4-6-20/h2-7,10,13-14,17,22-23,26,28,30,34-35,37-40H,11-12,15-16,18-19H2,1H3/t22-,23+,26+,28+,30+/m1/s1. The maximum atomic E-state index is 13.5. The molecule has 1 aliphatic carbocycles. The molecule has 0 fully saturated rings. The van der Waals surface area contributed by atoms with Crippen LogP contribution in [-0.2, 0) is 24.2 Å². The van der Waals surface area contributed by atoms with Gasteiger partial charge in [-0.05, 0) is 59.4 Å². The summed E-state index contributed by atoms with van der Waals surface area (Å²) in [5.74, 6) is 3.62. The van der Waals surface area contributed by atoms with E-state index < -0.39 is 29.8 Å². The molecule has 5 atom stereocenters. The van der Waals surface area contributed by atoms with Crippen LogP contribution in [0.4, 0.5) is 0 Å². The molecule has 0 bridgehead atoms. The largest absolute Gasteiger partial charge is 0.504 e. The number of ether oxygens (including phenoxy) is 1. The second kappa shape index (κ2) is 13.6. The Bertz CT molecular complexity index is 1410. The van der Waals surface area contributed by atoms with E-state index in [4.69, 9.17) is 4.74 Å². The highest BCUT2D eigenvalue weighted by Crippen LogP contribution is 2.40. The van der Waals surface area contributed by atoms with Gasteiger partial charge in [-0.3, -0.25) is 4.79 Å². The van der Waals surface area contributed by atoms with E-state index in [1.54, 1.807) is 12.1 Å². The summed E-state index contributed by atoms with van der Waals surface area (Å²) in [6.45, 7) is -0.725.